The second kappa shape index (κ2) is 10.4. The SMILES string of the molecule is CN(C1CC(OCCCC[C@H]2CCc3cccnc3N2)C1)[C@@H](C(=O)O)c1cccnc1C1CC1. The molecule has 0 radical (unpaired) electrons. The number of rotatable bonds is 11. The van der Waals surface area contributed by atoms with E-state index in [1.54, 1.807) is 6.20 Å². The highest BCUT2D eigenvalue weighted by molar-refractivity contribution is 5.76. The molecule has 3 aliphatic rings. The Hall–Kier alpha value is -2.51. The lowest BCUT2D eigenvalue weighted by atomic mass is 9.86. The highest BCUT2D eigenvalue weighted by Crippen LogP contribution is 2.43. The topological polar surface area (TPSA) is 87.6 Å². The molecule has 0 amide bonds. The number of anilines is 1. The van der Waals surface area contributed by atoms with Crippen LogP contribution < -0.4 is 5.32 Å². The minimum atomic E-state index is -0.795. The van der Waals surface area contributed by atoms with Gasteiger partial charge in [0.25, 0.3) is 0 Å². The number of unbranched alkanes of at least 4 members (excludes halogenated alkanes) is 1. The van der Waals surface area contributed by atoms with Crippen LogP contribution in [0.1, 0.15) is 80.1 Å². The van der Waals surface area contributed by atoms with Crippen molar-refractivity contribution in [3.8, 4) is 0 Å². The molecule has 5 rings (SSSR count). The summed E-state index contributed by atoms with van der Waals surface area (Å²) < 4.78 is 6.10. The number of hydrogen-bond acceptors (Lipinski definition) is 6. The van der Waals surface area contributed by atoms with Gasteiger partial charge in [-0.25, -0.2) is 4.98 Å². The van der Waals surface area contributed by atoms with Gasteiger partial charge in [-0.05, 0) is 82.5 Å². The molecule has 0 saturated heterocycles. The number of nitrogens with one attached hydrogen (secondary N) is 1. The van der Waals surface area contributed by atoms with Crippen LogP contribution >= 0.6 is 0 Å². The highest BCUT2D eigenvalue weighted by atomic mass is 16.5. The maximum Gasteiger partial charge on any atom is 0.325 e. The maximum absolute atomic E-state index is 12.2. The first-order chi connectivity index (χ1) is 16.6. The van der Waals surface area contributed by atoms with E-state index in [0.29, 0.717) is 12.0 Å². The maximum atomic E-state index is 12.2. The van der Waals surface area contributed by atoms with Gasteiger partial charge in [-0.2, -0.15) is 0 Å². The summed E-state index contributed by atoms with van der Waals surface area (Å²) in [5.74, 6) is 0.685. The van der Waals surface area contributed by atoms with E-state index in [2.05, 4.69) is 21.4 Å². The average Bonchev–Trinajstić information content (AvgIpc) is 3.65. The quantitative estimate of drug-likeness (QED) is 0.472. The van der Waals surface area contributed by atoms with Crippen molar-refractivity contribution >= 4 is 11.8 Å². The number of aliphatic carboxylic acids is 1. The molecule has 2 N–H and O–H groups in total. The van der Waals surface area contributed by atoms with Gasteiger partial charge in [0.15, 0.2) is 0 Å². The van der Waals surface area contributed by atoms with Gasteiger partial charge >= 0.3 is 5.97 Å². The second-order valence-electron chi connectivity index (χ2n) is 10.2. The third-order valence-corrected chi connectivity index (χ3v) is 7.71. The molecule has 0 aromatic carbocycles. The molecular weight excluding hydrogens is 428 g/mol. The Morgan fingerprint density at radius 2 is 1.97 bits per heavy atom. The molecule has 0 unspecified atom stereocenters. The largest absolute Gasteiger partial charge is 0.480 e. The van der Waals surface area contributed by atoms with Gasteiger partial charge in [0.2, 0.25) is 0 Å². The van der Waals surface area contributed by atoms with Gasteiger partial charge in [0.1, 0.15) is 11.9 Å². The van der Waals surface area contributed by atoms with Crippen LogP contribution in [-0.4, -0.2) is 57.8 Å². The standard InChI is InChI=1S/C27H36N4O3/c1-31(25(27(32)33)23-8-5-13-28-24(23)18-9-10-18)21-16-22(17-21)34-15-3-2-7-20-12-11-19-6-4-14-29-26(19)30-20/h4-6,8,13-14,18,20-22,25H,2-3,7,9-12,15-17H2,1H3,(H,29,30)(H,32,33)/t20-,21?,22?,25+/m0/s1. The van der Waals surface area contributed by atoms with E-state index in [-0.39, 0.29) is 12.1 Å². The minimum absolute atomic E-state index is 0.234. The number of pyridine rings is 2. The summed E-state index contributed by atoms with van der Waals surface area (Å²) >= 11 is 0. The fraction of sp³-hybridized carbons (Fsp3) is 0.593. The van der Waals surface area contributed by atoms with Crippen molar-refractivity contribution in [1.82, 2.24) is 14.9 Å². The first-order valence-electron chi connectivity index (χ1n) is 12.8. The van der Waals surface area contributed by atoms with Crippen LogP contribution in [-0.2, 0) is 16.0 Å². The van der Waals surface area contributed by atoms with Gasteiger partial charge in [-0.15, -0.1) is 0 Å². The Labute approximate surface area is 201 Å². The van der Waals surface area contributed by atoms with Gasteiger partial charge in [0.05, 0.1) is 6.10 Å². The Kier molecular flexibility index (Phi) is 7.11. The van der Waals surface area contributed by atoms with Crippen LogP contribution in [0.4, 0.5) is 5.82 Å². The Morgan fingerprint density at radius 3 is 2.76 bits per heavy atom. The predicted octanol–water partition coefficient (Wildman–Crippen LogP) is 4.56. The normalized spacial score (nSPS) is 24.7. The van der Waals surface area contributed by atoms with Crippen LogP contribution in [0.15, 0.2) is 36.7 Å². The van der Waals surface area contributed by atoms with Gasteiger partial charge in [-0.3, -0.25) is 14.7 Å². The zero-order valence-electron chi connectivity index (χ0n) is 20.0. The van der Waals surface area contributed by atoms with E-state index in [1.165, 1.54) is 12.0 Å². The van der Waals surface area contributed by atoms with Crippen LogP contribution in [0.3, 0.4) is 0 Å². The summed E-state index contributed by atoms with van der Waals surface area (Å²) in [6.45, 7) is 0.777. The van der Waals surface area contributed by atoms with Crippen molar-refractivity contribution in [3.05, 3.63) is 53.5 Å². The van der Waals surface area contributed by atoms with Crippen molar-refractivity contribution in [2.24, 2.45) is 0 Å². The Morgan fingerprint density at radius 1 is 1.18 bits per heavy atom. The lowest BCUT2D eigenvalue weighted by molar-refractivity contribution is -0.146. The number of aryl methyl sites for hydroxylation is 1. The molecule has 3 heterocycles. The van der Waals surface area contributed by atoms with Crippen LogP contribution in [0.25, 0.3) is 0 Å². The van der Waals surface area contributed by atoms with E-state index in [4.69, 9.17) is 4.74 Å². The Bertz CT molecular complexity index is 989. The predicted molar refractivity (Wildman–Crippen MR) is 131 cm³/mol. The third-order valence-electron chi connectivity index (χ3n) is 7.71. The number of carbonyl (C=O) groups is 1. The number of fused-ring (bicyclic) bond motifs is 1. The minimum Gasteiger partial charge on any atom is -0.480 e. The second-order valence-corrected chi connectivity index (χ2v) is 10.2. The number of ether oxygens (including phenoxy) is 1. The van der Waals surface area contributed by atoms with Gasteiger partial charge in [0, 0.05) is 48.3 Å². The summed E-state index contributed by atoms with van der Waals surface area (Å²) in [7, 11) is 1.94. The molecule has 0 spiro atoms. The molecular formula is C27H36N4O3. The molecule has 2 atom stereocenters. The average molecular weight is 465 g/mol. The molecule has 2 aromatic rings. The molecule has 7 heteroatoms. The monoisotopic (exact) mass is 464 g/mol. The van der Waals surface area contributed by atoms with Crippen LogP contribution in [0.2, 0.25) is 0 Å². The van der Waals surface area contributed by atoms with E-state index < -0.39 is 12.0 Å². The summed E-state index contributed by atoms with van der Waals surface area (Å²) in [5.41, 5.74) is 3.16. The number of carboxylic acid groups (broad SMARTS) is 1. The molecule has 2 saturated carbocycles. The molecule has 2 aromatic heterocycles. The first-order valence-corrected chi connectivity index (χ1v) is 12.8. The summed E-state index contributed by atoms with van der Waals surface area (Å²) in [6.07, 6.45) is 13.5. The summed E-state index contributed by atoms with van der Waals surface area (Å²) in [6, 6.07) is 8.06. The van der Waals surface area contributed by atoms with E-state index in [9.17, 15) is 9.90 Å². The number of nitrogens with zero attached hydrogens (tertiary/aromatic N) is 3. The smallest absolute Gasteiger partial charge is 0.325 e. The van der Waals surface area contributed by atoms with Crippen LogP contribution in [0.5, 0.6) is 0 Å². The summed E-state index contributed by atoms with van der Waals surface area (Å²) in [4.78, 5) is 23.2. The molecule has 0 bridgehead atoms. The zero-order valence-corrected chi connectivity index (χ0v) is 20.0. The van der Waals surface area contributed by atoms with Crippen LogP contribution in [0, 0.1) is 0 Å². The molecule has 182 valence electrons. The Balaban J connectivity index is 1.03. The molecule has 2 aliphatic carbocycles. The van der Waals surface area contributed by atoms with Crippen molar-refractivity contribution < 1.29 is 14.6 Å². The third kappa shape index (κ3) is 5.26. The number of carboxylic acids is 1. The van der Waals surface area contributed by atoms with Gasteiger partial charge < -0.3 is 15.2 Å². The summed E-state index contributed by atoms with van der Waals surface area (Å²) in [5, 5.41) is 13.6. The molecule has 2 fully saturated rings. The molecule has 7 nitrogen and oxygen atoms in total. The van der Waals surface area contributed by atoms with Crippen molar-refractivity contribution in [3.63, 3.8) is 0 Å². The van der Waals surface area contributed by atoms with E-state index in [0.717, 1.165) is 75.0 Å². The van der Waals surface area contributed by atoms with E-state index in [1.807, 2.05) is 36.3 Å². The highest BCUT2D eigenvalue weighted by Gasteiger charge is 2.40. The number of hydrogen-bond donors (Lipinski definition) is 2. The van der Waals surface area contributed by atoms with Crippen molar-refractivity contribution in [1.29, 1.82) is 0 Å². The number of likely N-dealkylation sites (N-methyl/N-ethyl adjacent to an activating group) is 1. The fourth-order valence-corrected chi connectivity index (χ4v) is 5.43. The lowest BCUT2D eigenvalue weighted by Crippen LogP contribution is -2.49. The molecule has 1 aliphatic heterocycles. The molecule has 34 heavy (non-hydrogen) atoms. The van der Waals surface area contributed by atoms with Gasteiger partial charge in [-0.1, -0.05) is 12.1 Å². The first kappa shape index (κ1) is 23.2. The lowest BCUT2D eigenvalue weighted by Gasteiger charge is -2.43. The number of aromatic nitrogens is 2. The van der Waals surface area contributed by atoms with Crippen molar-refractivity contribution in [2.75, 3.05) is 19.0 Å². The van der Waals surface area contributed by atoms with Crippen molar-refractivity contribution in [2.45, 2.75) is 87.9 Å². The van der Waals surface area contributed by atoms with E-state index >= 15 is 0 Å². The zero-order chi connectivity index (χ0) is 23.5. The fourth-order valence-electron chi connectivity index (χ4n) is 5.43.